The average Bonchev–Trinajstić information content (AvgIpc) is 3.16. The van der Waals surface area contributed by atoms with E-state index < -0.39 is 0 Å². The molecule has 0 radical (unpaired) electrons. The van der Waals surface area contributed by atoms with Gasteiger partial charge in [-0.15, -0.1) is 0 Å². The molecule has 2 aromatic carbocycles. The van der Waals surface area contributed by atoms with Crippen LogP contribution in [0.15, 0.2) is 73.4 Å². The molecule has 0 unspecified atom stereocenters. The Morgan fingerprint density at radius 3 is 2.60 bits per heavy atom. The van der Waals surface area contributed by atoms with E-state index in [2.05, 4.69) is 60.2 Å². The first kappa shape index (κ1) is 18.1. The molecule has 0 atom stereocenters. The van der Waals surface area contributed by atoms with E-state index in [1.807, 2.05) is 49.6 Å². The van der Waals surface area contributed by atoms with Crippen LogP contribution in [0.5, 0.6) is 0 Å². The van der Waals surface area contributed by atoms with Crippen LogP contribution < -0.4 is 10.2 Å². The van der Waals surface area contributed by atoms with Gasteiger partial charge >= 0.3 is 0 Å². The molecule has 3 aromatic heterocycles. The molecule has 30 heavy (non-hydrogen) atoms. The number of pyridine rings is 1. The van der Waals surface area contributed by atoms with Crippen LogP contribution in [-0.4, -0.2) is 38.6 Å². The molecule has 7 nitrogen and oxygen atoms in total. The monoisotopic (exact) mass is 395 g/mol. The Morgan fingerprint density at radius 1 is 0.900 bits per heavy atom. The van der Waals surface area contributed by atoms with Gasteiger partial charge in [0.15, 0.2) is 0 Å². The molecule has 0 bridgehead atoms. The molecule has 0 saturated heterocycles. The minimum atomic E-state index is 0.749. The van der Waals surface area contributed by atoms with E-state index >= 15 is 0 Å². The van der Waals surface area contributed by atoms with Crippen molar-refractivity contribution in [1.29, 1.82) is 0 Å². The minimum absolute atomic E-state index is 0.749. The van der Waals surface area contributed by atoms with E-state index in [1.165, 1.54) is 5.56 Å². The van der Waals surface area contributed by atoms with Gasteiger partial charge in [-0.05, 0) is 29.8 Å². The average molecular weight is 395 g/mol. The highest BCUT2D eigenvalue weighted by Crippen LogP contribution is 2.27. The topological polar surface area (TPSA) is 71.8 Å². The number of rotatable bonds is 5. The molecule has 148 valence electrons. The van der Waals surface area contributed by atoms with Crippen molar-refractivity contribution < 1.29 is 0 Å². The number of hydrogen-bond donors (Lipinski definition) is 1. The van der Waals surface area contributed by atoms with Crippen molar-refractivity contribution in [2.75, 3.05) is 24.3 Å². The molecule has 0 aliphatic heterocycles. The van der Waals surface area contributed by atoms with Gasteiger partial charge in [0.2, 0.25) is 0 Å². The summed E-state index contributed by atoms with van der Waals surface area (Å²) < 4.78 is 2.15. The number of nitrogens with one attached hydrogen (secondary N) is 1. The molecule has 0 saturated carbocycles. The summed E-state index contributed by atoms with van der Waals surface area (Å²) >= 11 is 0. The second kappa shape index (κ2) is 7.44. The summed E-state index contributed by atoms with van der Waals surface area (Å²) in [5.41, 5.74) is 5.01. The molecule has 5 aromatic rings. The normalized spacial score (nSPS) is 11.1. The van der Waals surface area contributed by atoms with Gasteiger partial charge in [-0.1, -0.05) is 30.3 Å². The smallest absolute Gasteiger partial charge is 0.141 e. The second-order valence-electron chi connectivity index (χ2n) is 7.36. The van der Waals surface area contributed by atoms with Crippen molar-refractivity contribution in [1.82, 2.24) is 24.5 Å². The van der Waals surface area contributed by atoms with Gasteiger partial charge in [0.05, 0.1) is 29.1 Å². The lowest BCUT2D eigenvalue weighted by atomic mass is 10.2. The molecular formula is C23H21N7. The number of nitrogens with zero attached hydrogens (tertiary/aromatic N) is 6. The Kier molecular flexibility index (Phi) is 4.48. The standard InChI is InChI=1S/C23H21N7/c1-29(2)22-11-18-20(12-24-22)25-14-26-23(18)28-17-8-9-19-21(10-17)30(15-27-19)13-16-6-4-3-5-7-16/h3-12,14-15H,13H2,1-2H3,(H,25,26,28). The molecule has 0 amide bonds. The molecule has 0 aliphatic carbocycles. The quantitative estimate of drug-likeness (QED) is 0.480. The fourth-order valence-electron chi connectivity index (χ4n) is 3.47. The lowest BCUT2D eigenvalue weighted by molar-refractivity contribution is 0.824. The maximum absolute atomic E-state index is 4.54. The second-order valence-corrected chi connectivity index (χ2v) is 7.36. The predicted molar refractivity (Wildman–Crippen MR) is 120 cm³/mol. The van der Waals surface area contributed by atoms with E-state index in [-0.39, 0.29) is 0 Å². The predicted octanol–water partition coefficient (Wildman–Crippen LogP) is 4.23. The van der Waals surface area contributed by atoms with Gasteiger partial charge < -0.3 is 14.8 Å². The fourth-order valence-corrected chi connectivity index (χ4v) is 3.47. The van der Waals surface area contributed by atoms with Crippen LogP contribution >= 0.6 is 0 Å². The van der Waals surface area contributed by atoms with Crippen molar-refractivity contribution in [3.63, 3.8) is 0 Å². The zero-order valence-corrected chi connectivity index (χ0v) is 16.8. The summed E-state index contributed by atoms with van der Waals surface area (Å²) in [5, 5.41) is 4.37. The SMILES string of the molecule is CN(C)c1cc2c(Nc3ccc4ncn(Cc5ccccc5)c4c3)ncnc2cn1. The molecule has 7 heteroatoms. The van der Waals surface area contributed by atoms with Gasteiger partial charge in [-0.3, -0.25) is 0 Å². The maximum Gasteiger partial charge on any atom is 0.141 e. The van der Waals surface area contributed by atoms with Crippen molar-refractivity contribution in [3.8, 4) is 0 Å². The van der Waals surface area contributed by atoms with Crippen molar-refractivity contribution in [2.24, 2.45) is 0 Å². The third-order valence-electron chi connectivity index (χ3n) is 5.05. The molecule has 3 heterocycles. The summed E-state index contributed by atoms with van der Waals surface area (Å²) in [6.45, 7) is 0.773. The number of anilines is 3. The van der Waals surface area contributed by atoms with Crippen molar-refractivity contribution in [3.05, 3.63) is 79.0 Å². The number of hydrogen-bond acceptors (Lipinski definition) is 6. The summed E-state index contributed by atoms with van der Waals surface area (Å²) in [4.78, 5) is 19.7. The number of fused-ring (bicyclic) bond motifs is 2. The van der Waals surface area contributed by atoms with E-state index in [9.17, 15) is 0 Å². The molecular weight excluding hydrogens is 374 g/mol. The highest BCUT2D eigenvalue weighted by Gasteiger charge is 2.09. The Bertz CT molecular complexity index is 1330. The van der Waals surface area contributed by atoms with E-state index in [0.29, 0.717) is 0 Å². The Morgan fingerprint density at radius 2 is 1.77 bits per heavy atom. The third kappa shape index (κ3) is 3.41. The number of aromatic nitrogens is 5. The first-order valence-electron chi connectivity index (χ1n) is 9.71. The summed E-state index contributed by atoms with van der Waals surface area (Å²) in [6, 6.07) is 18.5. The Hall–Kier alpha value is -4.00. The maximum atomic E-state index is 4.54. The van der Waals surface area contributed by atoms with Gasteiger partial charge in [-0.25, -0.2) is 19.9 Å². The van der Waals surface area contributed by atoms with Gasteiger partial charge in [-0.2, -0.15) is 0 Å². The van der Waals surface area contributed by atoms with Crippen LogP contribution in [0.2, 0.25) is 0 Å². The zero-order valence-electron chi connectivity index (χ0n) is 16.8. The summed E-state index contributed by atoms with van der Waals surface area (Å²) in [6.07, 6.45) is 5.21. The molecule has 5 rings (SSSR count). The van der Waals surface area contributed by atoms with Gasteiger partial charge in [0, 0.05) is 31.7 Å². The molecule has 0 spiro atoms. The fraction of sp³-hybridized carbons (Fsp3) is 0.130. The number of imidazole rings is 1. The minimum Gasteiger partial charge on any atom is -0.363 e. The van der Waals surface area contributed by atoms with Crippen LogP contribution in [0.1, 0.15) is 5.56 Å². The van der Waals surface area contributed by atoms with Crippen LogP contribution in [-0.2, 0) is 6.54 Å². The van der Waals surface area contributed by atoms with Crippen LogP contribution in [0.3, 0.4) is 0 Å². The van der Waals surface area contributed by atoms with Crippen molar-refractivity contribution >= 4 is 39.3 Å². The Balaban J connectivity index is 1.51. The highest BCUT2D eigenvalue weighted by atomic mass is 15.1. The van der Waals surface area contributed by atoms with Gasteiger partial charge in [0.25, 0.3) is 0 Å². The summed E-state index contributed by atoms with van der Waals surface area (Å²) in [7, 11) is 3.93. The lowest BCUT2D eigenvalue weighted by Crippen LogP contribution is -2.10. The van der Waals surface area contributed by atoms with E-state index in [4.69, 9.17) is 0 Å². The molecule has 0 aliphatic rings. The van der Waals surface area contributed by atoms with Crippen LogP contribution in [0.25, 0.3) is 21.9 Å². The summed E-state index contributed by atoms with van der Waals surface area (Å²) in [5.74, 6) is 1.61. The van der Waals surface area contributed by atoms with E-state index in [0.717, 1.165) is 45.8 Å². The Labute approximate surface area is 174 Å². The zero-order chi connectivity index (χ0) is 20.5. The lowest BCUT2D eigenvalue weighted by Gasteiger charge is -2.13. The first-order chi connectivity index (χ1) is 14.7. The van der Waals surface area contributed by atoms with Crippen LogP contribution in [0, 0.1) is 0 Å². The van der Waals surface area contributed by atoms with Gasteiger partial charge in [0.1, 0.15) is 18.0 Å². The van der Waals surface area contributed by atoms with E-state index in [1.54, 1.807) is 12.5 Å². The highest BCUT2D eigenvalue weighted by molar-refractivity contribution is 5.92. The first-order valence-corrected chi connectivity index (χ1v) is 9.71. The third-order valence-corrected chi connectivity index (χ3v) is 5.05. The molecule has 1 N–H and O–H groups in total. The van der Waals surface area contributed by atoms with Crippen molar-refractivity contribution in [2.45, 2.75) is 6.54 Å². The van der Waals surface area contributed by atoms with Crippen LogP contribution in [0.4, 0.5) is 17.3 Å². The number of benzene rings is 2. The largest absolute Gasteiger partial charge is 0.363 e. The molecule has 0 fully saturated rings.